The second kappa shape index (κ2) is 14.0. The number of quaternary nitrogens is 1. The summed E-state index contributed by atoms with van der Waals surface area (Å²) in [6.45, 7) is 3.04. The Balaban J connectivity index is 3.27. The molecule has 0 aromatic rings. The van der Waals surface area contributed by atoms with E-state index in [-0.39, 0.29) is 11.0 Å². The van der Waals surface area contributed by atoms with Gasteiger partial charge in [0.2, 0.25) is 0 Å². The molecule has 0 radical (unpaired) electrons. The number of nitrogens with two attached hydrogens (primary N) is 1. The van der Waals surface area contributed by atoms with Gasteiger partial charge in [-0.15, -0.1) is 0 Å². The number of carbonyl (C=O) groups excluding carboxylic acids is 1. The van der Waals surface area contributed by atoms with Gasteiger partial charge in [0.25, 0.3) is 0 Å². The van der Waals surface area contributed by atoms with Crippen molar-refractivity contribution in [3.63, 3.8) is 0 Å². The van der Waals surface area contributed by atoms with Gasteiger partial charge in [0.15, 0.2) is 0 Å². The molecular formula is C15H32N2O2. The van der Waals surface area contributed by atoms with Crippen molar-refractivity contribution in [1.82, 2.24) is 0 Å². The lowest BCUT2D eigenvalue weighted by atomic mass is 10.1. The van der Waals surface area contributed by atoms with Gasteiger partial charge in [-0.2, -0.15) is 0 Å². The zero-order valence-corrected chi connectivity index (χ0v) is 12.6. The minimum atomic E-state index is -0.231. The number of rotatable bonds is 13. The minimum Gasteiger partial charge on any atom is -0.627 e. The van der Waals surface area contributed by atoms with E-state index in [1.807, 2.05) is 0 Å². The Labute approximate surface area is 118 Å². The van der Waals surface area contributed by atoms with E-state index in [0.717, 1.165) is 12.8 Å². The van der Waals surface area contributed by atoms with Crippen LogP contribution >= 0.6 is 0 Å². The molecule has 0 aliphatic heterocycles. The predicted molar refractivity (Wildman–Crippen MR) is 79.7 cm³/mol. The number of unbranched alkanes of at least 4 members (excludes halogenated alkanes) is 8. The number of nitrogens with one attached hydrogen (secondary N) is 1. The highest BCUT2D eigenvalue weighted by Crippen LogP contribution is 2.10. The van der Waals surface area contributed by atoms with Gasteiger partial charge in [-0.1, -0.05) is 58.3 Å². The molecule has 0 heterocycles. The summed E-state index contributed by atoms with van der Waals surface area (Å²) >= 11 is 0. The van der Waals surface area contributed by atoms with E-state index in [1.54, 1.807) is 0 Å². The van der Waals surface area contributed by atoms with Crippen molar-refractivity contribution < 1.29 is 9.86 Å². The predicted octanol–water partition coefficient (Wildman–Crippen LogP) is 2.17. The molecule has 114 valence electrons. The van der Waals surface area contributed by atoms with E-state index in [2.05, 4.69) is 6.92 Å². The van der Waals surface area contributed by atoms with Gasteiger partial charge in [0.05, 0.1) is 13.0 Å². The van der Waals surface area contributed by atoms with Crippen molar-refractivity contribution >= 4 is 5.91 Å². The van der Waals surface area contributed by atoms with Crippen LogP contribution in [0, 0.1) is 5.21 Å². The molecule has 4 nitrogen and oxygen atoms in total. The third-order valence-electron chi connectivity index (χ3n) is 3.43. The topological polar surface area (TPSA) is 70.6 Å². The molecule has 0 fully saturated rings. The van der Waals surface area contributed by atoms with Gasteiger partial charge in [-0.05, 0) is 13.0 Å². The third-order valence-corrected chi connectivity index (χ3v) is 3.43. The quantitative estimate of drug-likeness (QED) is 0.399. The van der Waals surface area contributed by atoms with Crippen LogP contribution in [0.2, 0.25) is 0 Å². The second-order valence-corrected chi connectivity index (χ2v) is 5.32. The molecular weight excluding hydrogens is 240 g/mol. The molecule has 0 aromatic heterocycles. The summed E-state index contributed by atoms with van der Waals surface area (Å²) in [5.74, 6) is -0.198. The smallest absolute Gasteiger partial charge is 0.312 e. The Hall–Kier alpha value is -0.450. The fraction of sp³-hybridized carbons (Fsp3) is 0.933. The molecule has 1 unspecified atom stereocenters. The number of carbonyl (C=O) groups is 1. The molecule has 19 heavy (non-hydrogen) atoms. The van der Waals surface area contributed by atoms with Crippen molar-refractivity contribution in [2.45, 2.75) is 77.6 Å². The number of hydrogen-bond acceptors (Lipinski definition) is 3. The highest BCUT2D eigenvalue weighted by Gasteiger charge is 2.09. The lowest BCUT2D eigenvalue weighted by Crippen LogP contribution is -3.10. The maximum absolute atomic E-state index is 11.5. The Morgan fingerprint density at radius 1 is 0.947 bits per heavy atom. The monoisotopic (exact) mass is 272 g/mol. The molecule has 0 aliphatic carbocycles. The summed E-state index contributed by atoms with van der Waals surface area (Å²) < 4.78 is 0. The second-order valence-electron chi connectivity index (χ2n) is 5.32. The van der Waals surface area contributed by atoms with E-state index in [9.17, 15) is 10.0 Å². The Morgan fingerprint density at radius 3 is 2.00 bits per heavy atom. The van der Waals surface area contributed by atoms with Crippen LogP contribution in [0.1, 0.15) is 77.6 Å². The highest BCUT2D eigenvalue weighted by atomic mass is 16.5. The average molecular weight is 272 g/mol. The summed E-state index contributed by atoms with van der Waals surface area (Å²) in [7, 11) is 0. The van der Waals surface area contributed by atoms with Gasteiger partial charge in [-0.3, -0.25) is 0 Å². The number of amides is 1. The first-order valence-electron chi connectivity index (χ1n) is 7.98. The largest absolute Gasteiger partial charge is 0.627 e. The molecule has 0 bridgehead atoms. The molecule has 0 rings (SSSR count). The molecule has 4 heteroatoms. The molecule has 0 saturated heterocycles. The van der Waals surface area contributed by atoms with E-state index in [0.29, 0.717) is 25.9 Å². The summed E-state index contributed by atoms with van der Waals surface area (Å²) in [6, 6.07) is 0. The fourth-order valence-electron chi connectivity index (χ4n) is 2.14. The zero-order chi connectivity index (χ0) is 14.3. The van der Waals surface area contributed by atoms with Gasteiger partial charge in [0.1, 0.15) is 0 Å². The zero-order valence-electron chi connectivity index (χ0n) is 12.6. The van der Waals surface area contributed by atoms with E-state index < -0.39 is 0 Å². The van der Waals surface area contributed by atoms with Crippen molar-refractivity contribution in [3.8, 4) is 0 Å². The SMILES string of the molecule is CCCCCCCCCCCC(=O)[NH+]([O-])CCCN. The van der Waals surface area contributed by atoms with Crippen LogP contribution in [0.15, 0.2) is 0 Å². The lowest BCUT2D eigenvalue weighted by Gasteiger charge is -2.18. The Bertz CT molecular complexity index is 210. The van der Waals surface area contributed by atoms with Crippen LogP contribution in [0.3, 0.4) is 0 Å². The lowest BCUT2D eigenvalue weighted by molar-refractivity contribution is -0.765. The first-order valence-corrected chi connectivity index (χ1v) is 7.98. The van der Waals surface area contributed by atoms with Crippen molar-refractivity contribution in [1.29, 1.82) is 0 Å². The summed E-state index contributed by atoms with van der Waals surface area (Å²) in [5, 5.41) is 11.1. The first-order chi connectivity index (χ1) is 9.22. The van der Waals surface area contributed by atoms with Crippen LogP contribution < -0.4 is 10.8 Å². The number of hydroxylamine groups is 2. The average Bonchev–Trinajstić information content (AvgIpc) is 2.42. The molecule has 1 atom stereocenters. The molecule has 0 aliphatic rings. The standard InChI is InChI=1S/C15H32N2O2/c1-2-3-4-5-6-7-8-9-10-12-15(18)17(19)14-11-13-16/h17H,2-14,16H2,1H3. The fourth-order valence-corrected chi connectivity index (χ4v) is 2.14. The Morgan fingerprint density at radius 2 is 1.47 bits per heavy atom. The van der Waals surface area contributed by atoms with Gasteiger partial charge < -0.3 is 16.0 Å². The van der Waals surface area contributed by atoms with Crippen LogP contribution in [0.5, 0.6) is 0 Å². The summed E-state index contributed by atoms with van der Waals surface area (Å²) in [6.07, 6.45) is 12.1. The molecule has 0 spiro atoms. The van der Waals surface area contributed by atoms with Crippen LogP contribution in [0.25, 0.3) is 0 Å². The van der Waals surface area contributed by atoms with Crippen molar-refractivity contribution in [2.75, 3.05) is 13.1 Å². The van der Waals surface area contributed by atoms with Gasteiger partial charge >= 0.3 is 5.91 Å². The van der Waals surface area contributed by atoms with Gasteiger partial charge in [0, 0.05) is 6.42 Å². The van der Waals surface area contributed by atoms with E-state index in [1.165, 1.54) is 44.9 Å². The minimum absolute atomic E-state index is 0.198. The third kappa shape index (κ3) is 12.3. The maximum Gasteiger partial charge on any atom is 0.312 e. The molecule has 0 saturated carbocycles. The maximum atomic E-state index is 11.5. The Kier molecular flexibility index (Phi) is 13.6. The summed E-state index contributed by atoms with van der Waals surface area (Å²) in [5.41, 5.74) is 5.31. The first kappa shape index (κ1) is 18.6. The normalized spacial score (nSPS) is 12.6. The molecule has 1 amide bonds. The van der Waals surface area contributed by atoms with Crippen molar-refractivity contribution in [2.24, 2.45) is 5.73 Å². The van der Waals surface area contributed by atoms with Gasteiger partial charge in [-0.25, -0.2) is 4.79 Å². The number of hydrogen-bond donors (Lipinski definition) is 2. The van der Waals surface area contributed by atoms with Crippen LogP contribution in [0.4, 0.5) is 0 Å². The molecule has 0 aromatic carbocycles. The van der Waals surface area contributed by atoms with E-state index in [4.69, 9.17) is 5.73 Å². The van der Waals surface area contributed by atoms with Crippen molar-refractivity contribution in [3.05, 3.63) is 5.21 Å². The van der Waals surface area contributed by atoms with E-state index >= 15 is 0 Å². The van der Waals surface area contributed by atoms with Crippen LogP contribution in [-0.4, -0.2) is 19.0 Å². The van der Waals surface area contributed by atoms with Crippen LogP contribution in [-0.2, 0) is 4.79 Å². The highest BCUT2D eigenvalue weighted by molar-refractivity contribution is 5.66. The molecule has 3 N–H and O–H groups in total. The summed E-state index contributed by atoms with van der Waals surface area (Å²) in [4.78, 5) is 11.5.